The molecule has 0 N–H and O–H groups in total. The van der Waals surface area contributed by atoms with E-state index in [4.69, 9.17) is 13.7 Å². The third kappa shape index (κ3) is 6.27. The van der Waals surface area contributed by atoms with Crippen LogP contribution in [0.1, 0.15) is 33.6 Å². The number of carbonyl (C=O) groups is 2. The molecule has 1 aliphatic rings. The molecule has 6 rings (SSSR count). The SMILES string of the molecule is CCOC(=O)c1cc2cc(S(=O)(=O)N(CCc3ccccc3)c3ccccc3N3CCN(C(=O)c4ccno4)CC3)ccc2o1. The predicted octanol–water partition coefficient (Wildman–Crippen LogP) is 5.00. The summed E-state index contributed by atoms with van der Waals surface area (Å²) in [7, 11) is -4.09. The summed E-state index contributed by atoms with van der Waals surface area (Å²) in [5.74, 6) is -0.646. The fraction of sp³-hybridized carbons (Fsp3) is 0.242. The van der Waals surface area contributed by atoms with Gasteiger partial charge in [0.15, 0.2) is 0 Å². The number of carbonyl (C=O) groups excluding carboxylic acids is 2. The molecule has 5 aromatic rings. The molecule has 0 unspecified atom stereocenters. The standard InChI is InChI=1S/C33H32N4O7S/c1-2-42-33(39)31-23-25-22-26(12-13-29(25)43-31)45(40,41)37(17-15-24-8-4-3-5-9-24)28-11-7-6-10-27(28)35-18-20-36(21-19-35)32(38)30-14-16-34-44-30/h3-14,16,22-23H,2,15,17-21H2,1H3. The van der Waals surface area contributed by atoms with Crippen molar-refractivity contribution in [2.24, 2.45) is 0 Å². The summed E-state index contributed by atoms with van der Waals surface area (Å²) in [5, 5.41) is 4.11. The minimum absolute atomic E-state index is 0.00797. The quantitative estimate of drug-likeness (QED) is 0.197. The Hall–Kier alpha value is -5.10. The number of esters is 1. The number of furan rings is 1. The molecule has 1 saturated heterocycles. The number of rotatable bonds is 10. The fourth-order valence-electron chi connectivity index (χ4n) is 5.43. The molecular formula is C33H32N4O7S. The summed E-state index contributed by atoms with van der Waals surface area (Å²) in [6, 6.07) is 24.7. The van der Waals surface area contributed by atoms with Gasteiger partial charge in [-0.1, -0.05) is 47.6 Å². The summed E-state index contributed by atoms with van der Waals surface area (Å²) in [6.07, 6.45) is 1.92. The van der Waals surface area contributed by atoms with Crippen molar-refractivity contribution in [3.8, 4) is 0 Å². The number of amides is 1. The van der Waals surface area contributed by atoms with Crippen LogP contribution >= 0.6 is 0 Å². The van der Waals surface area contributed by atoms with Crippen molar-refractivity contribution in [1.29, 1.82) is 0 Å². The van der Waals surface area contributed by atoms with Gasteiger partial charge in [0.05, 0.1) is 29.1 Å². The lowest BCUT2D eigenvalue weighted by atomic mass is 10.1. The van der Waals surface area contributed by atoms with E-state index in [9.17, 15) is 18.0 Å². The zero-order chi connectivity index (χ0) is 31.4. The molecule has 0 spiro atoms. The number of hydrogen-bond acceptors (Lipinski definition) is 9. The first-order chi connectivity index (χ1) is 21.8. The van der Waals surface area contributed by atoms with Crippen LogP contribution in [0.5, 0.6) is 0 Å². The van der Waals surface area contributed by atoms with Crippen LogP contribution in [0.3, 0.4) is 0 Å². The Morgan fingerprint density at radius 1 is 0.911 bits per heavy atom. The highest BCUT2D eigenvalue weighted by molar-refractivity contribution is 7.92. The van der Waals surface area contributed by atoms with E-state index < -0.39 is 16.0 Å². The number of anilines is 2. The van der Waals surface area contributed by atoms with Crippen molar-refractivity contribution in [2.45, 2.75) is 18.2 Å². The second-order valence-electron chi connectivity index (χ2n) is 10.5. The van der Waals surface area contributed by atoms with E-state index >= 15 is 0 Å². The van der Waals surface area contributed by atoms with Gasteiger partial charge in [0.2, 0.25) is 11.5 Å². The van der Waals surface area contributed by atoms with Crippen molar-refractivity contribution < 1.29 is 31.7 Å². The molecule has 3 aromatic carbocycles. The van der Waals surface area contributed by atoms with Gasteiger partial charge in [0, 0.05) is 44.2 Å². The van der Waals surface area contributed by atoms with Gasteiger partial charge in [-0.15, -0.1) is 0 Å². The number of nitrogens with zero attached hydrogens (tertiary/aromatic N) is 4. The second-order valence-corrected chi connectivity index (χ2v) is 12.4. The van der Waals surface area contributed by atoms with E-state index in [1.807, 2.05) is 48.5 Å². The maximum Gasteiger partial charge on any atom is 0.374 e. The Labute approximate surface area is 260 Å². The Morgan fingerprint density at radius 2 is 1.67 bits per heavy atom. The third-order valence-electron chi connectivity index (χ3n) is 7.71. The van der Waals surface area contributed by atoms with Crippen molar-refractivity contribution in [2.75, 3.05) is 48.5 Å². The molecule has 0 radical (unpaired) electrons. The molecule has 232 valence electrons. The van der Waals surface area contributed by atoms with E-state index in [-0.39, 0.29) is 35.5 Å². The largest absolute Gasteiger partial charge is 0.460 e. The van der Waals surface area contributed by atoms with E-state index in [1.165, 1.54) is 34.8 Å². The molecule has 12 heteroatoms. The Kier molecular flexibility index (Phi) is 8.56. The summed E-state index contributed by atoms with van der Waals surface area (Å²) < 4.78 is 46.1. The average molecular weight is 629 g/mol. The van der Waals surface area contributed by atoms with Crippen molar-refractivity contribution in [3.05, 3.63) is 108 Å². The lowest BCUT2D eigenvalue weighted by Crippen LogP contribution is -2.49. The molecule has 45 heavy (non-hydrogen) atoms. The first-order valence-electron chi connectivity index (χ1n) is 14.7. The number of piperazine rings is 1. The second kappa shape index (κ2) is 12.9. The zero-order valence-electron chi connectivity index (χ0n) is 24.7. The number of fused-ring (bicyclic) bond motifs is 1. The lowest BCUT2D eigenvalue weighted by molar-refractivity contribution is 0.0492. The van der Waals surface area contributed by atoms with E-state index in [0.717, 1.165) is 11.3 Å². The maximum atomic E-state index is 14.5. The zero-order valence-corrected chi connectivity index (χ0v) is 25.5. The summed E-state index contributed by atoms with van der Waals surface area (Å²) in [4.78, 5) is 28.9. The van der Waals surface area contributed by atoms with Gasteiger partial charge in [0.1, 0.15) is 5.58 Å². The van der Waals surface area contributed by atoms with Gasteiger partial charge >= 0.3 is 5.97 Å². The smallest absolute Gasteiger partial charge is 0.374 e. The molecule has 0 saturated carbocycles. The Bertz CT molecular complexity index is 1900. The minimum atomic E-state index is -4.09. The normalized spacial score (nSPS) is 13.6. The molecule has 0 bridgehead atoms. The van der Waals surface area contributed by atoms with Crippen LogP contribution in [-0.2, 0) is 21.2 Å². The lowest BCUT2D eigenvalue weighted by Gasteiger charge is -2.38. The van der Waals surface area contributed by atoms with Crippen molar-refractivity contribution in [1.82, 2.24) is 10.1 Å². The molecule has 3 heterocycles. The highest BCUT2D eigenvalue weighted by Gasteiger charge is 2.31. The Morgan fingerprint density at radius 3 is 2.40 bits per heavy atom. The average Bonchev–Trinajstić information content (AvgIpc) is 3.76. The van der Waals surface area contributed by atoms with Gasteiger partial charge in [-0.3, -0.25) is 9.10 Å². The van der Waals surface area contributed by atoms with Crippen molar-refractivity contribution >= 4 is 44.2 Å². The van der Waals surface area contributed by atoms with Gasteiger partial charge in [-0.2, -0.15) is 0 Å². The van der Waals surface area contributed by atoms with Gasteiger partial charge in [-0.05, 0) is 55.3 Å². The number of para-hydroxylation sites is 2. The highest BCUT2D eigenvalue weighted by atomic mass is 32.2. The monoisotopic (exact) mass is 628 g/mol. The van der Waals surface area contributed by atoms with Crippen molar-refractivity contribution in [3.63, 3.8) is 0 Å². The number of benzene rings is 3. The van der Waals surface area contributed by atoms with E-state index in [2.05, 4.69) is 10.1 Å². The van der Waals surface area contributed by atoms with E-state index in [1.54, 1.807) is 24.0 Å². The number of sulfonamides is 1. The third-order valence-corrected chi connectivity index (χ3v) is 9.51. The molecule has 2 aromatic heterocycles. The highest BCUT2D eigenvalue weighted by Crippen LogP contribution is 2.35. The first-order valence-corrected chi connectivity index (χ1v) is 16.1. The number of aromatic nitrogens is 1. The molecule has 1 aliphatic heterocycles. The maximum absolute atomic E-state index is 14.5. The summed E-state index contributed by atoms with van der Waals surface area (Å²) in [6.45, 7) is 3.95. The predicted molar refractivity (Wildman–Crippen MR) is 168 cm³/mol. The first kappa shape index (κ1) is 29.9. The van der Waals surface area contributed by atoms with Crippen LogP contribution in [0, 0.1) is 0 Å². The molecule has 0 aliphatic carbocycles. The van der Waals surface area contributed by atoms with Crippen LogP contribution in [0.2, 0.25) is 0 Å². The van der Waals surface area contributed by atoms with Crippen LogP contribution < -0.4 is 9.21 Å². The molecule has 1 fully saturated rings. The van der Waals surface area contributed by atoms with Gasteiger partial charge < -0.3 is 23.5 Å². The molecular weight excluding hydrogens is 596 g/mol. The van der Waals surface area contributed by atoms with Crippen LogP contribution in [0.25, 0.3) is 11.0 Å². The van der Waals surface area contributed by atoms with Crippen LogP contribution in [-0.4, -0.2) is 69.7 Å². The summed E-state index contributed by atoms with van der Waals surface area (Å²) >= 11 is 0. The van der Waals surface area contributed by atoms with Crippen LogP contribution in [0.4, 0.5) is 11.4 Å². The van der Waals surface area contributed by atoms with Gasteiger partial charge in [-0.25, -0.2) is 13.2 Å². The van der Waals surface area contributed by atoms with Crippen LogP contribution in [0.15, 0.2) is 105 Å². The number of hydrogen-bond donors (Lipinski definition) is 0. The van der Waals surface area contributed by atoms with Gasteiger partial charge in [0.25, 0.3) is 15.9 Å². The number of ether oxygens (including phenoxy) is 1. The summed E-state index contributed by atoms with van der Waals surface area (Å²) in [5.41, 5.74) is 2.66. The van der Waals surface area contributed by atoms with E-state index in [0.29, 0.717) is 49.3 Å². The Balaban J connectivity index is 1.32. The molecule has 0 atom stereocenters. The minimum Gasteiger partial charge on any atom is -0.460 e. The fourth-order valence-corrected chi connectivity index (χ4v) is 6.95. The molecule has 11 nitrogen and oxygen atoms in total. The molecule has 1 amide bonds. The topological polar surface area (TPSA) is 126 Å².